The summed E-state index contributed by atoms with van der Waals surface area (Å²) in [6.07, 6.45) is 4.13. The average molecular weight is 244 g/mol. The molecular weight excluding hydrogens is 216 g/mol. The van der Waals surface area contributed by atoms with E-state index in [0.29, 0.717) is 18.9 Å². The molecule has 0 amide bonds. The molecule has 1 unspecified atom stereocenters. The molecular formula is C13H28N2O2. The molecule has 0 radical (unpaired) electrons. The van der Waals surface area contributed by atoms with Gasteiger partial charge in [0.25, 0.3) is 0 Å². The molecule has 0 aliphatic heterocycles. The van der Waals surface area contributed by atoms with E-state index in [1.807, 2.05) is 6.92 Å². The van der Waals surface area contributed by atoms with Gasteiger partial charge in [-0.2, -0.15) is 0 Å². The SMILES string of the molecule is CCC(CC)N(C)CCCC(N)(CC)C(=O)O. The van der Waals surface area contributed by atoms with Crippen molar-refractivity contribution in [2.24, 2.45) is 5.73 Å². The van der Waals surface area contributed by atoms with E-state index in [9.17, 15) is 4.79 Å². The summed E-state index contributed by atoms with van der Waals surface area (Å²) in [6, 6.07) is 0.591. The smallest absolute Gasteiger partial charge is 0.323 e. The summed E-state index contributed by atoms with van der Waals surface area (Å²) in [5.74, 6) is -0.884. The van der Waals surface area contributed by atoms with Crippen molar-refractivity contribution < 1.29 is 9.90 Å². The summed E-state index contributed by atoms with van der Waals surface area (Å²) >= 11 is 0. The van der Waals surface area contributed by atoms with Gasteiger partial charge in [-0.15, -0.1) is 0 Å². The van der Waals surface area contributed by atoms with E-state index in [4.69, 9.17) is 10.8 Å². The Hall–Kier alpha value is -0.610. The number of carbonyl (C=O) groups is 1. The van der Waals surface area contributed by atoms with Gasteiger partial charge in [0.2, 0.25) is 0 Å². The summed E-state index contributed by atoms with van der Waals surface area (Å²) in [4.78, 5) is 13.3. The Balaban J connectivity index is 4.09. The second-order valence-electron chi connectivity index (χ2n) is 4.87. The second kappa shape index (κ2) is 7.67. The van der Waals surface area contributed by atoms with Crippen molar-refractivity contribution in [2.75, 3.05) is 13.6 Å². The van der Waals surface area contributed by atoms with Gasteiger partial charge in [0.1, 0.15) is 5.54 Å². The van der Waals surface area contributed by atoms with Crippen LogP contribution in [0.1, 0.15) is 52.9 Å². The number of carboxylic acids is 1. The number of rotatable bonds is 9. The number of hydrogen-bond acceptors (Lipinski definition) is 3. The molecule has 0 fully saturated rings. The van der Waals surface area contributed by atoms with Crippen molar-refractivity contribution in [1.82, 2.24) is 4.90 Å². The van der Waals surface area contributed by atoms with Crippen molar-refractivity contribution in [1.29, 1.82) is 0 Å². The number of nitrogens with two attached hydrogens (primary N) is 1. The third-order valence-electron chi connectivity index (χ3n) is 3.76. The predicted octanol–water partition coefficient (Wildman–Crippen LogP) is 2.08. The van der Waals surface area contributed by atoms with E-state index in [1.54, 1.807) is 0 Å². The van der Waals surface area contributed by atoms with E-state index in [0.717, 1.165) is 25.8 Å². The Morgan fingerprint density at radius 1 is 1.35 bits per heavy atom. The van der Waals surface area contributed by atoms with Crippen LogP contribution in [-0.4, -0.2) is 41.1 Å². The van der Waals surface area contributed by atoms with E-state index >= 15 is 0 Å². The summed E-state index contributed by atoms with van der Waals surface area (Å²) in [5.41, 5.74) is 4.80. The average Bonchev–Trinajstić information content (AvgIpc) is 2.30. The Bertz CT molecular complexity index is 229. The fourth-order valence-electron chi connectivity index (χ4n) is 2.17. The minimum atomic E-state index is -1.05. The Labute approximate surface area is 105 Å². The lowest BCUT2D eigenvalue weighted by Gasteiger charge is -2.28. The lowest BCUT2D eigenvalue weighted by molar-refractivity contribution is -0.143. The lowest BCUT2D eigenvalue weighted by atomic mass is 9.91. The molecule has 0 spiro atoms. The quantitative estimate of drug-likeness (QED) is 0.651. The van der Waals surface area contributed by atoms with E-state index in [1.165, 1.54) is 0 Å². The normalized spacial score (nSPS) is 15.2. The number of nitrogens with zero attached hydrogens (tertiary/aromatic N) is 1. The van der Waals surface area contributed by atoms with Crippen LogP contribution in [0.5, 0.6) is 0 Å². The fourth-order valence-corrected chi connectivity index (χ4v) is 2.17. The number of aliphatic carboxylic acids is 1. The van der Waals surface area contributed by atoms with Crippen LogP contribution in [-0.2, 0) is 4.79 Å². The molecule has 0 aliphatic rings. The standard InChI is InChI=1S/C13H28N2O2/c1-5-11(6-2)15(4)10-8-9-13(14,7-3)12(16)17/h11H,5-10,14H2,1-4H3,(H,16,17). The van der Waals surface area contributed by atoms with E-state index in [2.05, 4.69) is 25.8 Å². The van der Waals surface area contributed by atoms with Crippen molar-refractivity contribution in [2.45, 2.75) is 64.5 Å². The second-order valence-corrected chi connectivity index (χ2v) is 4.87. The van der Waals surface area contributed by atoms with Gasteiger partial charge >= 0.3 is 5.97 Å². The molecule has 0 heterocycles. The molecule has 0 saturated heterocycles. The zero-order chi connectivity index (χ0) is 13.5. The molecule has 0 aliphatic carbocycles. The van der Waals surface area contributed by atoms with Gasteiger partial charge in [-0.05, 0) is 45.7 Å². The van der Waals surface area contributed by atoms with Crippen molar-refractivity contribution in [3.8, 4) is 0 Å². The molecule has 17 heavy (non-hydrogen) atoms. The molecule has 0 aromatic heterocycles. The molecule has 0 saturated carbocycles. The first-order valence-corrected chi connectivity index (χ1v) is 6.63. The minimum absolute atomic E-state index is 0.483. The van der Waals surface area contributed by atoms with Gasteiger partial charge in [-0.1, -0.05) is 20.8 Å². The molecule has 0 aromatic rings. The Kier molecular flexibility index (Phi) is 7.39. The molecule has 0 bridgehead atoms. The number of hydrogen-bond donors (Lipinski definition) is 2. The van der Waals surface area contributed by atoms with Crippen LogP contribution >= 0.6 is 0 Å². The molecule has 4 heteroatoms. The summed E-state index contributed by atoms with van der Waals surface area (Å²) in [7, 11) is 2.10. The van der Waals surface area contributed by atoms with Gasteiger partial charge in [-0.3, -0.25) is 4.79 Å². The Morgan fingerprint density at radius 3 is 2.24 bits per heavy atom. The maximum atomic E-state index is 11.0. The van der Waals surface area contributed by atoms with Gasteiger partial charge in [0.05, 0.1) is 0 Å². The molecule has 0 rings (SSSR count). The summed E-state index contributed by atoms with van der Waals surface area (Å²) in [5, 5.41) is 9.06. The molecule has 3 N–H and O–H groups in total. The van der Waals surface area contributed by atoms with Gasteiger partial charge in [0, 0.05) is 6.04 Å². The maximum absolute atomic E-state index is 11.0. The minimum Gasteiger partial charge on any atom is -0.480 e. The van der Waals surface area contributed by atoms with Crippen LogP contribution < -0.4 is 5.73 Å². The predicted molar refractivity (Wildman–Crippen MR) is 71.1 cm³/mol. The van der Waals surface area contributed by atoms with Crippen LogP contribution in [0.4, 0.5) is 0 Å². The van der Waals surface area contributed by atoms with Crippen molar-refractivity contribution in [3.05, 3.63) is 0 Å². The monoisotopic (exact) mass is 244 g/mol. The molecule has 1 atom stereocenters. The zero-order valence-corrected chi connectivity index (χ0v) is 11.7. The number of carboxylic acid groups (broad SMARTS) is 1. The highest BCUT2D eigenvalue weighted by Gasteiger charge is 2.31. The van der Waals surface area contributed by atoms with E-state index in [-0.39, 0.29) is 0 Å². The first-order chi connectivity index (χ1) is 7.91. The van der Waals surface area contributed by atoms with Crippen LogP contribution in [0, 0.1) is 0 Å². The first kappa shape index (κ1) is 16.4. The van der Waals surface area contributed by atoms with Crippen LogP contribution in [0.2, 0.25) is 0 Å². The highest BCUT2D eigenvalue weighted by Crippen LogP contribution is 2.16. The maximum Gasteiger partial charge on any atom is 0.323 e. The van der Waals surface area contributed by atoms with Crippen LogP contribution in [0.15, 0.2) is 0 Å². The van der Waals surface area contributed by atoms with Crippen LogP contribution in [0.3, 0.4) is 0 Å². The van der Waals surface area contributed by atoms with Crippen molar-refractivity contribution in [3.63, 3.8) is 0 Å². The largest absolute Gasteiger partial charge is 0.480 e. The lowest BCUT2D eigenvalue weighted by Crippen LogP contribution is -2.47. The van der Waals surface area contributed by atoms with Gasteiger partial charge in [0.15, 0.2) is 0 Å². The van der Waals surface area contributed by atoms with Gasteiger partial charge in [-0.25, -0.2) is 0 Å². The fraction of sp³-hybridized carbons (Fsp3) is 0.923. The highest BCUT2D eigenvalue weighted by molar-refractivity contribution is 5.78. The van der Waals surface area contributed by atoms with Crippen LogP contribution in [0.25, 0.3) is 0 Å². The van der Waals surface area contributed by atoms with E-state index < -0.39 is 11.5 Å². The summed E-state index contributed by atoms with van der Waals surface area (Å²) < 4.78 is 0. The highest BCUT2D eigenvalue weighted by atomic mass is 16.4. The third-order valence-corrected chi connectivity index (χ3v) is 3.76. The summed E-state index contributed by atoms with van der Waals surface area (Å²) in [6.45, 7) is 7.11. The molecule has 0 aromatic carbocycles. The van der Waals surface area contributed by atoms with Crippen molar-refractivity contribution >= 4 is 5.97 Å². The molecule has 102 valence electrons. The zero-order valence-electron chi connectivity index (χ0n) is 11.7. The first-order valence-electron chi connectivity index (χ1n) is 6.63. The van der Waals surface area contributed by atoms with Gasteiger partial charge < -0.3 is 15.7 Å². The topological polar surface area (TPSA) is 66.6 Å². The molecule has 4 nitrogen and oxygen atoms in total. The Morgan fingerprint density at radius 2 is 1.88 bits per heavy atom. The third kappa shape index (κ3) is 5.04.